The lowest BCUT2D eigenvalue weighted by Crippen LogP contribution is -2.35. The first-order valence-electron chi connectivity index (χ1n) is 5.87. The van der Waals surface area contributed by atoms with E-state index < -0.39 is 0 Å². The number of rotatable bonds is 0. The van der Waals surface area contributed by atoms with E-state index in [4.69, 9.17) is 4.74 Å². The van der Waals surface area contributed by atoms with E-state index >= 15 is 0 Å². The molecule has 1 N–H and O–H groups in total. The number of fused-ring (bicyclic) bond motifs is 3. The second-order valence-corrected chi connectivity index (χ2v) is 4.53. The maximum atomic E-state index is 5.81. The van der Waals surface area contributed by atoms with Crippen LogP contribution >= 0.6 is 0 Å². The number of ether oxygens (including phenoxy) is 1. The number of benzene rings is 1. The molecule has 0 aromatic heterocycles. The van der Waals surface area contributed by atoms with Crippen molar-refractivity contribution < 1.29 is 4.74 Å². The Morgan fingerprint density at radius 1 is 1.20 bits per heavy atom. The molecular formula is C13H17NO. The molecule has 2 nitrogen and oxygen atoms in total. The molecule has 0 unspecified atom stereocenters. The van der Waals surface area contributed by atoms with Crippen LogP contribution in [0.5, 0.6) is 5.75 Å². The molecule has 0 amide bonds. The van der Waals surface area contributed by atoms with Gasteiger partial charge in [0.15, 0.2) is 0 Å². The van der Waals surface area contributed by atoms with Gasteiger partial charge in [0.1, 0.15) is 5.75 Å². The van der Waals surface area contributed by atoms with Crippen LogP contribution in [0, 0.1) is 5.92 Å². The third-order valence-corrected chi connectivity index (χ3v) is 3.67. The van der Waals surface area contributed by atoms with Crippen LogP contribution in [0.2, 0.25) is 0 Å². The SMILES string of the molecule is c1ccc2c(c1)OCC[C@H]1CNCC[C@H]21. The van der Waals surface area contributed by atoms with Gasteiger partial charge >= 0.3 is 0 Å². The predicted molar refractivity (Wildman–Crippen MR) is 60.3 cm³/mol. The van der Waals surface area contributed by atoms with E-state index in [0.29, 0.717) is 5.92 Å². The summed E-state index contributed by atoms with van der Waals surface area (Å²) in [4.78, 5) is 0. The molecule has 2 aliphatic heterocycles. The number of hydrogen-bond acceptors (Lipinski definition) is 2. The lowest BCUT2D eigenvalue weighted by molar-refractivity contribution is 0.263. The minimum atomic E-state index is 0.713. The summed E-state index contributed by atoms with van der Waals surface area (Å²) in [5.74, 6) is 2.60. The zero-order valence-electron chi connectivity index (χ0n) is 8.91. The van der Waals surface area contributed by atoms with Crippen LogP contribution in [0.4, 0.5) is 0 Å². The van der Waals surface area contributed by atoms with Crippen molar-refractivity contribution in [2.75, 3.05) is 19.7 Å². The first kappa shape index (κ1) is 9.22. The summed E-state index contributed by atoms with van der Waals surface area (Å²) in [6.45, 7) is 3.18. The standard InChI is InChI=1S/C13H17NO/c1-2-4-13-12(3-1)11-5-7-14-9-10(11)6-8-15-13/h1-4,10-11,14H,5-9H2/t10-,11-/m0/s1. The predicted octanol–water partition coefficient (Wildman–Crippen LogP) is 2.16. The van der Waals surface area contributed by atoms with Crippen molar-refractivity contribution >= 4 is 0 Å². The Balaban J connectivity index is 1.99. The molecule has 1 aromatic rings. The van der Waals surface area contributed by atoms with Gasteiger partial charge < -0.3 is 10.1 Å². The lowest BCUT2D eigenvalue weighted by atomic mass is 9.80. The Kier molecular flexibility index (Phi) is 2.37. The zero-order valence-corrected chi connectivity index (χ0v) is 8.91. The number of hydrogen-bond donors (Lipinski definition) is 1. The van der Waals surface area contributed by atoms with Crippen LogP contribution in [-0.4, -0.2) is 19.7 Å². The van der Waals surface area contributed by atoms with Gasteiger partial charge in [-0.2, -0.15) is 0 Å². The summed E-state index contributed by atoms with van der Waals surface area (Å²) in [5.41, 5.74) is 1.43. The summed E-state index contributed by atoms with van der Waals surface area (Å²) in [5, 5.41) is 3.49. The Morgan fingerprint density at radius 2 is 2.13 bits per heavy atom. The normalized spacial score (nSPS) is 29.6. The van der Waals surface area contributed by atoms with Crippen molar-refractivity contribution in [1.29, 1.82) is 0 Å². The van der Waals surface area contributed by atoms with E-state index in [1.807, 2.05) is 0 Å². The summed E-state index contributed by atoms with van der Waals surface area (Å²) in [6, 6.07) is 8.55. The molecule has 0 spiro atoms. The van der Waals surface area contributed by atoms with Gasteiger partial charge in [-0.25, -0.2) is 0 Å². The molecule has 0 aliphatic carbocycles. The van der Waals surface area contributed by atoms with Crippen LogP contribution in [-0.2, 0) is 0 Å². The number of piperidine rings is 1. The van der Waals surface area contributed by atoms with Gasteiger partial charge in [-0.1, -0.05) is 18.2 Å². The van der Waals surface area contributed by atoms with E-state index in [0.717, 1.165) is 31.4 Å². The molecule has 0 radical (unpaired) electrons. The summed E-state index contributed by atoms with van der Waals surface area (Å²) >= 11 is 0. The fraction of sp³-hybridized carbons (Fsp3) is 0.538. The van der Waals surface area contributed by atoms with Crippen molar-refractivity contribution in [2.45, 2.75) is 18.8 Å². The van der Waals surface area contributed by atoms with E-state index in [1.165, 1.54) is 18.4 Å². The summed E-state index contributed by atoms with van der Waals surface area (Å²) in [6.07, 6.45) is 2.44. The molecule has 80 valence electrons. The first-order valence-corrected chi connectivity index (χ1v) is 5.87. The third kappa shape index (κ3) is 1.63. The van der Waals surface area contributed by atoms with Gasteiger partial charge in [0.05, 0.1) is 6.61 Å². The second kappa shape index (κ2) is 3.86. The molecule has 2 heterocycles. The number of nitrogens with one attached hydrogen (secondary N) is 1. The highest BCUT2D eigenvalue weighted by atomic mass is 16.5. The van der Waals surface area contributed by atoms with Gasteiger partial charge in [-0.3, -0.25) is 0 Å². The quantitative estimate of drug-likeness (QED) is 0.697. The topological polar surface area (TPSA) is 21.3 Å². The Labute approximate surface area is 90.6 Å². The molecule has 1 aromatic carbocycles. The van der Waals surface area contributed by atoms with Crippen molar-refractivity contribution in [1.82, 2.24) is 5.32 Å². The maximum Gasteiger partial charge on any atom is 0.122 e. The molecule has 1 saturated heterocycles. The highest BCUT2D eigenvalue weighted by molar-refractivity contribution is 5.37. The smallest absolute Gasteiger partial charge is 0.122 e. The van der Waals surface area contributed by atoms with Crippen LogP contribution in [0.1, 0.15) is 24.3 Å². The lowest BCUT2D eigenvalue weighted by Gasteiger charge is -2.30. The molecule has 15 heavy (non-hydrogen) atoms. The van der Waals surface area contributed by atoms with Crippen LogP contribution < -0.4 is 10.1 Å². The molecule has 2 aliphatic rings. The fourth-order valence-electron chi connectivity index (χ4n) is 2.87. The van der Waals surface area contributed by atoms with E-state index in [1.54, 1.807) is 0 Å². The summed E-state index contributed by atoms with van der Waals surface area (Å²) in [7, 11) is 0. The van der Waals surface area contributed by atoms with Crippen molar-refractivity contribution in [2.24, 2.45) is 5.92 Å². The molecule has 0 saturated carbocycles. The van der Waals surface area contributed by atoms with E-state index in [9.17, 15) is 0 Å². The molecule has 3 rings (SSSR count). The highest BCUT2D eigenvalue weighted by Crippen LogP contribution is 2.39. The van der Waals surface area contributed by atoms with Crippen molar-refractivity contribution in [3.8, 4) is 5.75 Å². The van der Waals surface area contributed by atoms with Crippen LogP contribution in [0.3, 0.4) is 0 Å². The minimum absolute atomic E-state index is 0.713. The third-order valence-electron chi connectivity index (χ3n) is 3.67. The van der Waals surface area contributed by atoms with Gasteiger partial charge in [0.2, 0.25) is 0 Å². The fourth-order valence-corrected chi connectivity index (χ4v) is 2.87. The largest absolute Gasteiger partial charge is 0.493 e. The minimum Gasteiger partial charge on any atom is -0.493 e. The van der Waals surface area contributed by atoms with Crippen molar-refractivity contribution in [3.05, 3.63) is 29.8 Å². The molecular weight excluding hydrogens is 186 g/mol. The maximum absolute atomic E-state index is 5.81. The second-order valence-electron chi connectivity index (χ2n) is 4.53. The van der Waals surface area contributed by atoms with E-state index in [-0.39, 0.29) is 0 Å². The first-order chi connectivity index (χ1) is 7.45. The van der Waals surface area contributed by atoms with Gasteiger partial charge in [-0.15, -0.1) is 0 Å². The monoisotopic (exact) mass is 203 g/mol. The van der Waals surface area contributed by atoms with Crippen molar-refractivity contribution in [3.63, 3.8) is 0 Å². The Hall–Kier alpha value is -1.02. The van der Waals surface area contributed by atoms with Gasteiger partial charge in [0.25, 0.3) is 0 Å². The van der Waals surface area contributed by atoms with Gasteiger partial charge in [-0.05, 0) is 49.4 Å². The zero-order chi connectivity index (χ0) is 10.1. The van der Waals surface area contributed by atoms with Crippen LogP contribution in [0.15, 0.2) is 24.3 Å². The Morgan fingerprint density at radius 3 is 3.13 bits per heavy atom. The molecule has 2 atom stereocenters. The summed E-state index contributed by atoms with van der Waals surface area (Å²) < 4.78 is 5.81. The average Bonchev–Trinajstić information content (AvgIpc) is 2.48. The molecule has 1 fully saturated rings. The Bertz CT molecular complexity index is 350. The molecule has 0 bridgehead atoms. The average molecular weight is 203 g/mol. The highest BCUT2D eigenvalue weighted by Gasteiger charge is 2.30. The van der Waals surface area contributed by atoms with Gasteiger partial charge in [0, 0.05) is 0 Å². The van der Waals surface area contributed by atoms with Crippen LogP contribution in [0.25, 0.3) is 0 Å². The molecule has 2 heteroatoms. The van der Waals surface area contributed by atoms with E-state index in [2.05, 4.69) is 29.6 Å². The number of para-hydroxylation sites is 1.